The molecule has 3 atom stereocenters. The molecule has 1 N–H and O–H groups in total. The Morgan fingerprint density at radius 2 is 2.00 bits per heavy atom. The molecule has 3 fully saturated rings. The van der Waals surface area contributed by atoms with Gasteiger partial charge in [0, 0.05) is 13.2 Å². The van der Waals surface area contributed by atoms with Crippen molar-refractivity contribution >= 4 is 11.8 Å². The molecule has 2 amide bonds. The Hall–Kier alpha value is -1.10. The van der Waals surface area contributed by atoms with E-state index in [0.717, 1.165) is 38.7 Å². The van der Waals surface area contributed by atoms with Gasteiger partial charge < -0.3 is 15.0 Å². The zero-order chi connectivity index (χ0) is 15.0. The van der Waals surface area contributed by atoms with Crippen molar-refractivity contribution in [1.82, 2.24) is 10.2 Å². The van der Waals surface area contributed by atoms with Crippen LogP contribution in [-0.4, -0.2) is 48.1 Å². The second kappa shape index (κ2) is 5.95. The van der Waals surface area contributed by atoms with E-state index in [2.05, 4.69) is 5.32 Å². The normalized spacial score (nSPS) is 34.2. The van der Waals surface area contributed by atoms with Crippen molar-refractivity contribution in [3.63, 3.8) is 0 Å². The minimum absolute atomic E-state index is 0.0339. The highest BCUT2D eigenvalue weighted by Gasteiger charge is 2.48. The average Bonchev–Trinajstić information content (AvgIpc) is 3.28. The van der Waals surface area contributed by atoms with Gasteiger partial charge in [-0.1, -0.05) is 13.8 Å². The maximum Gasteiger partial charge on any atom is 0.246 e. The Kier molecular flexibility index (Phi) is 4.20. The molecule has 0 radical (unpaired) electrons. The number of nitrogens with zero attached hydrogens (tertiary/aromatic N) is 1. The molecule has 3 aliphatic rings. The van der Waals surface area contributed by atoms with E-state index in [-0.39, 0.29) is 35.9 Å². The van der Waals surface area contributed by atoms with Crippen molar-refractivity contribution in [2.24, 2.45) is 11.8 Å². The number of carbonyl (C=O) groups is 2. The average molecular weight is 294 g/mol. The molecule has 3 rings (SSSR count). The molecule has 2 saturated heterocycles. The van der Waals surface area contributed by atoms with Gasteiger partial charge in [0.25, 0.3) is 0 Å². The first-order chi connectivity index (χ1) is 10.1. The highest BCUT2D eigenvalue weighted by Crippen LogP contribution is 2.37. The van der Waals surface area contributed by atoms with Crippen molar-refractivity contribution in [2.45, 2.75) is 64.1 Å². The summed E-state index contributed by atoms with van der Waals surface area (Å²) >= 11 is 0. The maximum atomic E-state index is 12.8. The molecule has 21 heavy (non-hydrogen) atoms. The van der Waals surface area contributed by atoms with E-state index in [1.807, 2.05) is 18.7 Å². The first kappa shape index (κ1) is 14.8. The van der Waals surface area contributed by atoms with Crippen LogP contribution in [0.4, 0.5) is 0 Å². The summed E-state index contributed by atoms with van der Waals surface area (Å²) in [4.78, 5) is 27.1. The molecule has 0 bridgehead atoms. The van der Waals surface area contributed by atoms with Gasteiger partial charge in [0.05, 0.1) is 6.10 Å². The molecule has 5 nitrogen and oxygen atoms in total. The number of amides is 2. The van der Waals surface area contributed by atoms with Crippen LogP contribution in [0, 0.1) is 11.8 Å². The topological polar surface area (TPSA) is 58.6 Å². The lowest BCUT2D eigenvalue weighted by Crippen LogP contribution is -2.66. The summed E-state index contributed by atoms with van der Waals surface area (Å²) < 4.78 is 5.78. The fourth-order valence-corrected chi connectivity index (χ4v) is 3.46. The molecule has 2 aliphatic heterocycles. The smallest absolute Gasteiger partial charge is 0.246 e. The molecule has 1 saturated carbocycles. The van der Waals surface area contributed by atoms with Crippen LogP contribution in [0.1, 0.15) is 46.0 Å². The molecule has 1 aliphatic carbocycles. The molecule has 5 heteroatoms. The number of nitrogens with one attached hydrogen (secondary N) is 1. The lowest BCUT2D eigenvalue weighted by atomic mass is 9.95. The number of hydrogen-bond acceptors (Lipinski definition) is 3. The number of piperazine rings is 1. The zero-order valence-corrected chi connectivity index (χ0v) is 13.0. The summed E-state index contributed by atoms with van der Waals surface area (Å²) in [6, 6.07) is -0.644. The summed E-state index contributed by atoms with van der Waals surface area (Å²) in [6.45, 7) is 5.32. The molecule has 0 aromatic heterocycles. The van der Waals surface area contributed by atoms with Crippen LogP contribution in [0.3, 0.4) is 0 Å². The Labute approximate surface area is 126 Å². The van der Waals surface area contributed by atoms with Gasteiger partial charge in [0.1, 0.15) is 12.1 Å². The van der Waals surface area contributed by atoms with E-state index in [1.165, 1.54) is 0 Å². The van der Waals surface area contributed by atoms with Crippen LogP contribution in [0.2, 0.25) is 0 Å². The van der Waals surface area contributed by atoms with Crippen LogP contribution in [0.15, 0.2) is 0 Å². The van der Waals surface area contributed by atoms with Crippen LogP contribution in [0.5, 0.6) is 0 Å². The zero-order valence-electron chi connectivity index (χ0n) is 13.0. The predicted octanol–water partition coefficient (Wildman–Crippen LogP) is 1.32. The Bertz CT molecular complexity index is 414. The third-order valence-electron chi connectivity index (χ3n) is 4.86. The quantitative estimate of drug-likeness (QED) is 0.850. The lowest BCUT2D eigenvalue weighted by molar-refractivity contribution is -0.154. The summed E-state index contributed by atoms with van der Waals surface area (Å²) in [7, 11) is 0. The molecule has 2 heterocycles. The SMILES string of the molecule is CC(C)C1NC(=O)C(C2CC2)N(CC2CCCCO2)C1=O. The molecule has 0 spiro atoms. The van der Waals surface area contributed by atoms with Crippen molar-refractivity contribution < 1.29 is 14.3 Å². The maximum absolute atomic E-state index is 12.8. The van der Waals surface area contributed by atoms with Crippen LogP contribution < -0.4 is 5.32 Å². The van der Waals surface area contributed by atoms with E-state index in [0.29, 0.717) is 12.5 Å². The first-order valence-corrected chi connectivity index (χ1v) is 8.30. The number of carbonyl (C=O) groups excluding carboxylic acids is 2. The Balaban J connectivity index is 1.76. The molecule has 0 aromatic rings. The number of ether oxygens (including phenoxy) is 1. The fraction of sp³-hybridized carbons (Fsp3) is 0.875. The predicted molar refractivity (Wildman–Crippen MR) is 78.6 cm³/mol. The highest BCUT2D eigenvalue weighted by molar-refractivity contribution is 5.97. The third-order valence-corrected chi connectivity index (χ3v) is 4.86. The number of rotatable bonds is 4. The van der Waals surface area contributed by atoms with Gasteiger partial charge in [0.15, 0.2) is 0 Å². The molecule has 118 valence electrons. The van der Waals surface area contributed by atoms with Gasteiger partial charge in [-0.05, 0) is 43.9 Å². The van der Waals surface area contributed by atoms with Gasteiger partial charge in [-0.3, -0.25) is 9.59 Å². The van der Waals surface area contributed by atoms with Gasteiger partial charge in [-0.15, -0.1) is 0 Å². The summed E-state index contributed by atoms with van der Waals surface area (Å²) in [6.07, 6.45) is 5.46. The molecule has 3 unspecified atom stereocenters. The minimum atomic E-state index is -0.379. The summed E-state index contributed by atoms with van der Waals surface area (Å²) in [5.74, 6) is 0.587. The van der Waals surface area contributed by atoms with Gasteiger partial charge >= 0.3 is 0 Å². The Morgan fingerprint density at radius 1 is 1.24 bits per heavy atom. The van der Waals surface area contributed by atoms with Crippen LogP contribution in [0.25, 0.3) is 0 Å². The van der Waals surface area contributed by atoms with Gasteiger partial charge in [-0.2, -0.15) is 0 Å². The third kappa shape index (κ3) is 3.07. The van der Waals surface area contributed by atoms with E-state index in [9.17, 15) is 9.59 Å². The van der Waals surface area contributed by atoms with Crippen LogP contribution >= 0.6 is 0 Å². The highest BCUT2D eigenvalue weighted by atomic mass is 16.5. The standard InChI is InChI=1S/C16H26N2O3/c1-10(2)13-16(20)18(9-12-5-3-4-8-21-12)14(11-6-7-11)15(19)17-13/h10-14H,3-9H2,1-2H3,(H,17,19). The number of hydrogen-bond donors (Lipinski definition) is 1. The van der Waals surface area contributed by atoms with Gasteiger partial charge in [0.2, 0.25) is 11.8 Å². The summed E-state index contributed by atoms with van der Waals surface area (Å²) in [5, 5.41) is 2.93. The van der Waals surface area contributed by atoms with Crippen molar-refractivity contribution in [3.05, 3.63) is 0 Å². The van der Waals surface area contributed by atoms with E-state index >= 15 is 0 Å². The molecular weight excluding hydrogens is 268 g/mol. The lowest BCUT2D eigenvalue weighted by Gasteiger charge is -2.42. The Morgan fingerprint density at radius 3 is 2.57 bits per heavy atom. The minimum Gasteiger partial charge on any atom is -0.376 e. The van der Waals surface area contributed by atoms with Crippen molar-refractivity contribution in [3.8, 4) is 0 Å². The molecule has 0 aromatic carbocycles. The van der Waals surface area contributed by atoms with E-state index in [1.54, 1.807) is 0 Å². The van der Waals surface area contributed by atoms with Gasteiger partial charge in [-0.25, -0.2) is 0 Å². The van der Waals surface area contributed by atoms with Crippen LogP contribution in [-0.2, 0) is 14.3 Å². The van der Waals surface area contributed by atoms with Crippen molar-refractivity contribution in [1.29, 1.82) is 0 Å². The molecular formula is C16H26N2O3. The summed E-state index contributed by atoms with van der Waals surface area (Å²) in [5.41, 5.74) is 0. The second-order valence-corrected chi connectivity index (χ2v) is 6.99. The second-order valence-electron chi connectivity index (χ2n) is 6.99. The monoisotopic (exact) mass is 294 g/mol. The first-order valence-electron chi connectivity index (χ1n) is 8.30. The largest absolute Gasteiger partial charge is 0.376 e. The fourth-order valence-electron chi connectivity index (χ4n) is 3.46. The van der Waals surface area contributed by atoms with Crippen molar-refractivity contribution in [2.75, 3.05) is 13.2 Å². The van der Waals surface area contributed by atoms with E-state index < -0.39 is 0 Å². The van der Waals surface area contributed by atoms with E-state index in [4.69, 9.17) is 4.74 Å².